The Balaban J connectivity index is 1.22. The summed E-state index contributed by atoms with van der Waals surface area (Å²) < 4.78 is 5.39. The van der Waals surface area contributed by atoms with Crippen LogP contribution in [-0.4, -0.2) is 66.2 Å². The van der Waals surface area contributed by atoms with Gasteiger partial charge >= 0.3 is 12.1 Å². The minimum Gasteiger partial charge on any atom is -0.481 e. The number of amides is 3. The summed E-state index contributed by atoms with van der Waals surface area (Å²) in [6, 6.07) is 15.7. The van der Waals surface area contributed by atoms with Gasteiger partial charge in [0.05, 0.1) is 13.0 Å². The molecular formula is C25H27N3O6. The Morgan fingerprint density at radius 1 is 0.941 bits per heavy atom. The minimum atomic E-state index is -0.957. The van der Waals surface area contributed by atoms with Crippen molar-refractivity contribution in [1.29, 1.82) is 0 Å². The van der Waals surface area contributed by atoms with Crippen LogP contribution in [0.3, 0.4) is 0 Å². The second-order valence-electron chi connectivity index (χ2n) is 8.44. The first-order valence-electron chi connectivity index (χ1n) is 11.3. The molecule has 1 aliphatic heterocycles. The number of aliphatic carboxylic acids is 1. The molecule has 2 aromatic carbocycles. The van der Waals surface area contributed by atoms with Gasteiger partial charge in [-0.25, -0.2) is 4.79 Å². The molecule has 0 unspecified atom stereocenters. The summed E-state index contributed by atoms with van der Waals surface area (Å²) in [5.41, 5.74) is 4.44. The Bertz CT molecular complexity index is 1060. The highest BCUT2D eigenvalue weighted by Gasteiger charge is 2.31. The van der Waals surface area contributed by atoms with Crippen molar-refractivity contribution in [2.24, 2.45) is 0 Å². The molecule has 0 aromatic heterocycles. The van der Waals surface area contributed by atoms with Crippen molar-refractivity contribution in [2.45, 2.75) is 31.2 Å². The summed E-state index contributed by atoms with van der Waals surface area (Å²) in [6.07, 6.45) is 0.545. The fraction of sp³-hybridized carbons (Fsp3) is 0.360. The second kappa shape index (κ2) is 10.4. The van der Waals surface area contributed by atoms with Gasteiger partial charge in [0.15, 0.2) is 0 Å². The summed E-state index contributed by atoms with van der Waals surface area (Å²) in [5, 5.41) is 13.8. The number of ether oxygens (including phenoxy) is 1. The molecule has 0 bridgehead atoms. The zero-order valence-electron chi connectivity index (χ0n) is 18.7. The molecule has 3 N–H and O–H groups in total. The number of carbonyl (C=O) groups excluding carboxylic acids is 3. The van der Waals surface area contributed by atoms with Crippen LogP contribution in [0.25, 0.3) is 11.1 Å². The number of likely N-dealkylation sites (tertiary alicyclic amines) is 1. The number of fused-ring (bicyclic) bond motifs is 3. The van der Waals surface area contributed by atoms with E-state index in [0.29, 0.717) is 13.0 Å². The second-order valence-corrected chi connectivity index (χ2v) is 8.44. The summed E-state index contributed by atoms with van der Waals surface area (Å²) >= 11 is 0. The number of hydrogen-bond acceptors (Lipinski definition) is 5. The number of nitrogens with one attached hydrogen (secondary N) is 2. The third-order valence-electron chi connectivity index (χ3n) is 6.28. The smallest absolute Gasteiger partial charge is 0.407 e. The van der Waals surface area contributed by atoms with Gasteiger partial charge in [-0.1, -0.05) is 48.5 Å². The number of hydrogen-bond donors (Lipinski definition) is 3. The normalized spacial score (nSPS) is 16.5. The van der Waals surface area contributed by atoms with Crippen LogP contribution in [0, 0.1) is 0 Å². The maximum atomic E-state index is 12.3. The Morgan fingerprint density at radius 3 is 2.24 bits per heavy atom. The summed E-state index contributed by atoms with van der Waals surface area (Å²) in [5.74, 6) is -1.90. The molecule has 1 saturated heterocycles. The average Bonchev–Trinajstić information content (AvgIpc) is 3.42. The van der Waals surface area contributed by atoms with Gasteiger partial charge in [-0.3, -0.25) is 14.4 Å². The summed E-state index contributed by atoms with van der Waals surface area (Å²) in [6.45, 7) is 0.0361. The van der Waals surface area contributed by atoms with E-state index in [4.69, 9.17) is 9.84 Å². The van der Waals surface area contributed by atoms with Gasteiger partial charge in [0.1, 0.15) is 13.2 Å². The zero-order chi connectivity index (χ0) is 24.1. The Morgan fingerprint density at radius 2 is 1.59 bits per heavy atom. The van der Waals surface area contributed by atoms with Crippen molar-refractivity contribution in [3.8, 4) is 11.1 Å². The Hall–Kier alpha value is -3.88. The van der Waals surface area contributed by atoms with Gasteiger partial charge in [0.25, 0.3) is 0 Å². The molecule has 0 saturated carbocycles. The van der Waals surface area contributed by atoms with Crippen molar-refractivity contribution in [3.05, 3.63) is 59.7 Å². The van der Waals surface area contributed by atoms with E-state index in [-0.39, 0.29) is 44.0 Å². The lowest BCUT2D eigenvalue weighted by molar-refractivity contribution is -0.140. The maximum Gasteiger partial charge on any atom is 0.407 e. The largest absolute Gasteiger partial charge is 0.481 e. The predicted octanol–water partition coefficient (Wildman–Crippen LogP) is 2.11. The molecule has 1 heterocycles. The van der Waals surface area contributed by atoms with Crippen LogP contribution in [0.15, 0.2) is 48.5 Å². The molecule has 0 radical (unpaired) electrons. The molecule has 9 heteroatoms. The van der Waals surface area contributed by atoms with Crippen LogP contribution >= 0.6 is 0 Å². The first-order valence-corrected chi connectivity index (χ1v) is 11.3. The van der Waals surface area contributed by atoms with Gasteiger partial charge in [-0.2, -0.15) is 0 Å². The fourth-order valence-electron chi connectivity index (χ4n) is 4.72. The molecule has 1 aliphatic carbocycles. The molecule has 178 valence electrons. The SMILES string of the molecule is O=C(O)C[C@@H]1CCCN1C(=O)CNC(=O)CNC(=O)OCC1c2ccccc2-c2ccccc21. The molecule has 1 fully saturated rings. The Kier molecular flexibility index (Phi) is 7.10. The maximum absolute atomic E-state index is 12.3. The molecule has 0 spiro atoms. The first-order chi connectivity index (χ1) is 16.4. The van der Waals surface area contributed by atoms with E-state index in [1.54, 1.807) is 0 Å². The van der Waals surface area contributed by atoms with E-state index in [2.05, 4.69) is 10.6 Å². The van der Waals surface area contributed by atoms with E-state index >= 15 is 0 Å². The van der Waals surface area contributed by atoms with Gasteiger partial charge in [-0.05, 0) is 35.1 Å². The standard InChI is InChI=1S/C25H27N3O6/c29-22(26-14-23(30)28-11-5-6-16(28)12-24(31)32)13-27-25(33)34-15-21-19-9-3-1-7-17(19)18-8-2-4-10-20(18)21/h1-4,7-10,16,21H,5-6,11-15H2,(H,26,29)(H,27,33)(H,31,32)/t16-/m0/s1. The highest BCUT2D eigenvalue weighted by molar-refractivity contribution is 5.87. The third-order valence-corrected chi connectivity index (χ3v) is 6.28. The molecule has 2 aliphatic rings. The van der Waals surface area contributed by atoms with E-state index in [1.807, 2.05) is 48.5 Å². The lowest BCUT2D eigenvalue weighted by Crippen LogP contribution is -2.45. The molecule has 1 atom stereocenters. The number of benzene rings is 2. The highest BCUT2D eigenvalue weighted by Crippen LogP contribution is 2.44. The zero-order valence-corrected chi connectivity index (χ0v) is 18.7. The minimum absolute atomic E-state index is 0.0798. The predicted molar refractivity (Wildman–Crippen MR) is 123 cm³/mol. The van der Waals surface area contributed by atoms with E-state index in [0.717, 1.165) is 28.7 Å². The number of rotatable bonds is 8. The Labute approximate surface area is 197 Å². The van der Waals surface area contributed by atoms with Crippen molar-refractivity contribution in [1.82, 2.24) is 15.5 Å². The van der Waals surface area contributed by atoms with Gasteiger partial charge in [-0.15, -0.1) is 0 Å². The molecule has 34 heavy (non-hydrogen) atoms. The summed E-state index contributed by atoms with van der Waals surface area (Å²) in [4.78, 5) is 49.0. The monoisotopic (exact) mass is 465 g/mol. The third kappa shape index (κ3) is 5.19. The van der Waals surface area contributed by atoms with Crippen LogP contribution in [0.1, 0.15) is 36.3 Å². The van der Waals surface area contributed by atoms with Crippen LogP contribution in [-0.2, 0) is 19.1 Å². The number of alkyl carbamates (subject to hydrolysis) is 1. The van der Waals surface area contributed by atoms with Crippen molar-refractivity contribution >= 4 is 23.9 Å². The lowest BCUT2D eigenvalue weighted by Gasteiger charge is -2.23. The summed E-state index contributed by atoms with van der Waals surface area (Å²) in [7, 11) is 0. The number of nitrogens with zero attached hydrogens (tertiary/aromatic N) is 1. The van der Waals surface area contributed by atoms with E-state index in [1.165, 1.54) is 4.90 Å². The molecule has 9 nitrogen and oxygen atoms in total. The lowest BCUT2D eigenvalue weighted by atomic mass is 9.98. The number of carboxylic acid groups (broad SMARTS) is 1. The fourth-order valence-corrected chi connectivity index (χ4v) is 4.72. The van der Waals surface area contributed by atoms with Crippen LogP contribution in [0.5, 0.6) is 0 Å². The van der Waals surface area contributed by atoms with Crippen molar-refractivity contribution in [2.75, 3.05) is 26.2 Å². The molecular weight excluding hydrogens is 438 g/mol. The van der Waals surface area contributed by atoms with Gasteiger partial charge in [0, 0.05) is 18.5 Å². The number of carbonyl (C=O) groups is 4. The van der Waals surface area contributed by atoms with E-state index < -0.39 is 18.0 Å². The van der Waals surface area contributed by atoms with E-state index in [9.17, 15) is 19.2 Å². The van der Waals surface area contributed by atoms with Crippen LogP contribution in [0.4, 0.5) is 4.79 Å². The highest BCUT2D eigenvalue weighted by atomic mass is 16.5. The number of carboxylic acids is 1. The average molecular weight is 466 g/mol. The van der Waals surface area contributed by atoms with Crippen molar-refractivity contribution < 1.29 is 29.0 Å². The quantitative estimate of drug-likeness (QED) is 0.548. The van der Waals surface area contributed by atoms with Crippen LogP contribution < -0.4 is 10.6 Å². The van der Waals surface area contributed by atoms with Crippen molar-refractivity contribution in [3.63, 3.8) is 0 Å². The molecule has 3 amide bonds. The van der Waals surface area contributed by atoms with Gasteiger partial charge in [0.2, 0.25) is 11.8 Å². The first kappa shape index (κ1) is 23.3. The van der Waals surface area contributed by atoms with Crippen LogP contribution in [0.2, 0.25) is 0 Å². The van der Waals surface area contributed by atoms with Gasteiger partial charge < -0.3 is 25.4 Å². The topological polar surface area (TPSA) is 125 Å². The molecule has 4 rings (SSSR count). The molecule has 2 aromatic rings.